The van der Waals surface area contributed by atoms with E-state index in [9.17, 15) is 26.3 Å². The molecule has 0 radical (unpaired) electrons. The molecule has 0 heterocycles. The number of halogens is 6. The summed E-state index contributed by atoms with van der Waals surface area (Å²) >= 11 is 0. The maximum Gasteiger partial charge on any atom is 0.201 e. The van der Waals surface area contributed by atoms with E-state index >= 15 is 0 Å². The molecule has 0 saturated heterocycles. The number of aryl methyl sites for hydroxylation is 1. The second kappa shape index (κ2) is 12.8. The lowest BCUT2D eigenvalue weighted by molar-refractivity contribution is 0.287. The molecule has 0 aromatic heterocycles. The average Bonchev–Trinajstić information content (AvgIpc) is 2.94. The van der Waals surface area contributed by atoms with Crippen molar-refractivity contribution in [3.05, 3.63) is 82.4 Å². The predicted octanol–water partition coefficient (Wildman–Crippen LogP) is 9.28. The predicted molar refractivity (Wildman–Crippen MR) is 138 cm³/mol. The van der Waals surface area contributed by atoms with Crippen molar-refractivity contribution in [3.63, 3.8) is 0 Å². The van der Waals surface area contributed by atoms with Crippen LogP contribution in [-0.2, 0) is 6.42 Å². The summed E-state index contributed by atoms with van der Waals surface area (Å²) in [5.74, 6) is -6.97. The summed E-state index contributed by atoms with van der Waals surface area (Å²) in [5, 5.41) is 0. The zero-order chi connectivity index (χ0) is 28.1. The first-order valence-electron chi connectivity index (χ1n) is 13.4. The molecule has 0 amide bonds. The smallest absolute Gasteiger partial charge is 0.201 e. The van der Waals surface area contributed by atoms with Crippen LogP contribution in [0.4, 0.5) is 26.3 Å². The Morgan fingerprint density at radius 3 is 1.90 bits per heavy atom. The molecule has 1 aliphatic rings. The fraction of sp³-hybridized carbons (Fsp3) is 0.419. The molecular formula is C31H32F6O2. The highest BCUT2D eigenvalue weighted by atomic mass is 19.2. The van der Waals surface area contributed by atoms with Crippen LogP contribution in [0.2, 0.25) is 0 Å². The van der Waals surface area contributed by atoms with Crippen molar-refractivity contribution >= 4 is 0 Å². The van der Waals surface area contributed by atoms with Gasteiger partial charge in [0.15, 0.2) is 34.8 Å². The van der Waals surface area contributed by atoms with Crippen molar-refractivity contribution < 1.29 is 35.8 Å². The van der Waals surface area contributed by atoms with E-state index < -0.39 is 34.9 Å². The van der Waals surface area contributed by atoms with Gasteiger partial charge in [0.2, 0.25) is 11.6 Å². The fourth-order valence-electron chi connectivity index (χ4n) is 5.30. The Hall–Kier alpha value is -3.16. The van der Waals surface area contributed by atoms with Crippen LogP contribution < -0.4 is 9.47 Å². The van der Waals surface area contributed by atoms with Gasteiger partial charge in [-0.1, -0.05) is 25.1 Å². The van der Waals surface area contributed by atoms with Crippen LogP contribution in [0.5, 0.6) is 11.5 Å². The fourth-order valence-corrected chi connectivity index (χ4v) is 5.30. The Kier molecular flexibility index (Phi) is 9.46. The average molecular weight is 551 g/mol. The normalized spacial score (nSPS) is 17.3. The lowest BCUT2D eigenvalue weighted by Gasteiger charge is -2.29. The first-order chi connectivity index (χ1) is 18.8. The Morgan fingerprint density at radius 2 is 1.23 bits per heavy atom. The standard InChI is InChI=1S/C31H32F6O2/c1-3-17-39-25-15-13-21(27(33)31(25)37)19-8-5-18(6-9-19)7-10-20-11-12-22(28(34)26(20)32)23-14-16-24(38-4-2)30(36)29(23)35/h11-16,18-19H,3-10,17H2,1-2H3. The van der Waals surface area contributed by atoms with Crippen molar-refractivity contribution in [1.82, 2.24) is 0 Å². The highest BCUT2D eigenvalue weighted by molar-refractivity contribution is 5.66. The Balaban J connectivity index is 1.38. The summed E-state index contributed by atoms with van der Waals surface area (Å²) in [6, 6.07) is 8.08. The lowest BCUT2D eigenvalue weighted by atomic mass is 9.76. The topological polar surface area (TPSA) is 18.5 Å². The van der Waals surface area contributed by atoms with Crippen LogP contribution in [0.25, 0.3) is 11.1 Å². The summed E-state index contributed by atoms with van der Waals surface area (Å²) < 4.78 is 98.0. The van der Waals surface area contributed by atoms with Gasteiger partial charge in [0.1, 0.15) is 0 Å². The second-order valence-electron chi connectivity index (χ2n) is 9.96. The van der Waals surface area contributed by atoms with Gasteiger partial charge in [-0.05, 0) is 93.0 Å². The number of ether oxygens (including phenoxy) is 2. The van der Waals surface area contributed by atoms with E-state index in [1.165, 1.54) is 30.3 Å². The molecule has 1 aliphatic carbocycles. The zero-order valence-corrected chi connectivity index (χ0v) is 22.1. The third-order valence-corrected chi connectivity index (χ3v) is 7.45. The van der Waals surface area contributed by atoms with E-state index in [0.717, 1.165) is 12.8 Å². The number of hydrogen-bond acceptors (Lipinski definition) is 2. The van der Waals surface area contributed by atoms with Crippen molar-refractivity contribution in [2.45, 2.75) is 64.7 Å². The third-order valence-electron chi connectivity index (χ3n) is 7.45. The molecule has 4 rings (SSSR count). The van der Waals surface area contributed by atoms with Gasteiger partial charge in [-0.3, -0.25) is 0 Å². The highest BCUT2D eigenvalue weighted by Crippen LogP contribution is 2.40. The Bertz CT molecular complexity index is 1300. The summed E-state index contributed by atoms with van der Waals surface area (Å²) in [5.41, 5.74) is -0.250. The number of hydrogen-bond donors (Lipinski definition) is 0. The van der Waals surface area contributed by atoms with E-state index in [1.807, 2.05) is 6.92 Å². The summed E-state index contributed by atoms with van der Waals surface area (Å²) in [6.07, 6.45) is 4.37. The molecule has 0 N–H and O–H groups in total. The van der Waals surface area contributed by atoms with Gasteiger partial charge < -0.3 is 9.47 Å². The van der Waals surface area contributed by atoms with Crippen molar-refractivity contribution in [2.75, 3.05) is 13.2 Å². The van der Waals surface area contributed by atoms with Crippen molar-refractivity contribution in [1.29, 1.82) is 0 Å². The van der Waals surface area contributed by atoms with Crippen LogP contribution in [0, 0.1) is 40.8 Å². The van der Waals surface area contributed by atoms with Gasteiger partial charge in [-0.2, -0.15) is 8.78 Å². The van der Waals surface area contributed by atoms with Crippen LogP contribution in [0.3, 0.4) is 0 Å². The van der Waals surface area contributed by atoms with Gasteiger partial charge >= 0.3 is 0 Å². The maximum absolute atomic E-state index is 14.9. The zero-order valence-electron chi connectivity index (χ0n) is 22.1. The van der Waals surface area contributed by atoms with Crippen molar-refractivity contribution in [3.8, 4) is 22.6 Å². The molecule has 8 heteroatoms. The van der Waals surface area contributed by atoms with Crippen LogP contribution in [0.15, 0.2) is 36.4 Å². The van der Waals surface area contributed by atoms with Crippen LogP contribution >= 0.6 is 0 Å². The Labute approximate surface area is 225 Å². The molecular weight excluding hydrogens is 518 g/mol. The van der Waals surface area contributed by atoms with Crippen molar-refractivity contribution in [2.24, 2.45) is 5.92 Å². The lowest BCUT2D eigenvalue weighted by Crippen LogP contribution is -2.16. The van der Waals surface area contributed by atoms with E-state index in [1.54, 1.807) is 13.0 Å². The molecule has 0 spiro atoms. The summed E-state index contributed by atoms with van der Waals surface area (Å²) in [7, 11) is 0. The largest absolute Gasteiger partial charge is 0.491 e. The van der Waals surface area contributed by atoms with Gasteiger partial charge in [0.25, 0.3) is 0 Å². The molecule has 1 fully saturated rings. The molecule has 0 atom stereocenters. The minimum absolute atomic E-state index is 0.0811. The number of benzene rings is 3. The Morgan fingerprint density at radius 1 is 0.641 bits per heavy atom. The van der Waals surface area contributed by atoms with E-state index in [2.05, 4.69) is 0 Å². The monoisotopic (exact) mass is 550 g/mol. The molecule has 210 valence electrons. The third kappa shape index (κ3) is 6.20. The first-order valence-corrected chi connectivity index (χ1v) is 13.4. The molecule has 0 aliphatic heterocycles. The number of rotatable bonds is 10. The molecule has 2 nitrogen and oxygen atoms in total. The molecule has 0 bridgehead atoms. The second-order valence-corrected chi connectivity index (χ2v) is 9.96. The van der Waals surface area contributed by atoms with Gasteiger partial charge in [-0.25, -0.2) is 17.6 Å². The minimum atomic E-state index is -1.30. The maximum atomic E-state index is 14.9. The minimum Gasteiger partial charge on any atom is -0.491 e. The van der Waals surface area contributed by atoms with Gasteiger partial charge in [0.05, 0.1) is 13.2 Å². The summed E-state index contributed by atoms with van der Waals surface area (Å²) in [4.78, 5) is 0. The molecule has 3 aromatic rings. The van der Waals surface area contributed by atoms with Crippen LogP contribution in [-0.4, -0.2) is 13.2 Å². The molecule has 3 aromatic carbocycles. The van der Waals surface area contributed by atoms with Crippen LogP contribution in [0.1, 0.15) is 69.4 Å². The van der Waals surface area contributed by atoms with E-state index in [0.29, 0.717) is 37.9 Å². The van der Waals surface area contributed by atoms with E-state index in [-0.39, 0.29) is 53.1 Å². The molecule has 39 heavy (non-hydrogen) atoms. The quantitative estimate of drug-likeness (QED) is 0.234. The molecule has 0 unspecified atom stereocenters. The van der Waals surface area contributed by atoms with Gasteiger partial charge in [0, 0.05) is 11.1 Å². The van der Waals surface area contributed by atoms with E-state index in [4.69, 9.17) is 9.47 Å². The highest BCUT2D eigenvalue weighted by Gasteiger charge is 2.27. The van der Waals surface area contributed by atoms with Gasteiger partial charge in [-0.15, -0.1) is 0 Å². The summed E-state index contributed by atoms with van der Waals surface area (Å²) in [6.45, 7) is 3.94. The molecule has 1 saturated carbocycles. The SMILES string of the molecule is CCCOc1ccc(C2CCC(CCc3ccc(-c4ccc(OCC)c(F)c4F)c(F)c3F)CC2)c(F)c1F. The first kappa shape index (κ1) is 28.8.